The molecule has 31 heavy (non-hydrogen) atoms. The third kappa shape index (κ3) is 3.26. The summed E-state index contributed by atoms with van der Waals surface area (Å²) in [5.74, 6) is 1.64. The number of ether oxygens (including phenoxy) is 1. The first-order chi connectivity index (χ1) is 15.3. The largest absolute Gasteiger partial charge is 0.489 e. The predicted octanol–water partition coefficient (Wildman–Crippen LogP) is 4.34. The van der Waals surface area contributed by atoms with Crippen LogP contribution >= 0.6 is 0 Å². The third-order valence-electron chi connectivity index (χ3n) is 6.09. The van der Waals surface area contributed by atoms with E-state index in [1.54, 1.807) is 17.3 Å². The summed E-state index contributed by atoms with van der Waals surface area (Å²) in [5, 5.41) is 10.3. The number of nitrogens with zero attached hydrogens (tertiary/aromatic N) is 6. The number of aromatic nitrogens is 6. The van der Waals surface area contributed by atoms with E-state index >= 15 is 0 Å². The summed E-state index contributed by atoms with van der Waals surface area (Å²) < 4.78 is 12.4. The van der Waals surface area contributed by atoms with Crippen molar-refractivity contribution in [1.82, 2.24) is 28.9 Å². The van der Waals surface area contributed by atoms with Crippen LogP contribution in [0.4, 0.5) is 0 Å². The number of hydrogen-bond donors (Lipinski definition) is 0. The minimum Gasteiger partial charge on any atom is -0.489 e. The van der Waals surface area contributed by atoms with Gasteiger partial charge in [-0.1, -0.05) is 18.2 Å². The van der Waals surface area contributed by atoms with Gasteiger partial charge in [0.05, 0.1) is 23.3 Å². The molecule has 4 aromatic heterocycles. The molecule has 1 aliphatic rings. The maximum Gasteiger partial charge on any atom is 0.143 e. The van der Waals surface area contributed by atoms with Crippen LogP contribution in [0.1, 0.15) is 18.4 Å². The Morgan fingerprint density at radius 2 is 2.06 bits per heavy atom. The monoisotopic (exact) mass is 412 g/mol. The Labute approximate surface area is 179 Å². The molecule has 0 unspecified atom stereocenters. The van der Waals surface area contributed by atoms with Crippen LogP contribution in [0.2, 0.25) is 0 Å². The van der Waals surface area contributed by atoms with Crippen molar-refractivity contribution in [3.05, 3.63) is 66.9 Å². The lowest BCUT2D eigenvalue weighted by Gasteiger charge is -2.13. The summed E-state index contributed by atoms with van der Waals surface area (Å²) in [6.45, 7) is 4.36. The molecule has 0 atom stereocenters. The number of aryl methyl sites for hydroxylation is 1. The molecule has 7 nitrogen and oxygen atoms in total. The topological polar surface area (TPSA) is 62.2 Å². The third-order valence-corrected chi connectivity index (χ3v) is 6.09. The van der Waals surface area contributed by atoms with Gasteiger partial charge in [0, 0.05) is 23.7 Å². The van der Waals surface area contributed by atoms with Gasteiger partial charge in [0.15, 0.2) is 0 Å². The van der Waals surface area contributed by atoms with E-state index in [9.17, 15) is 0 Å². The van der Waals surface area contributed by atoms with E-state index in [1.807, 2.05) is 16.8 Å². The van der Waals surface area contributed by atoms with Gasteiger partial charge in [-0.15, -0.1) is 0 Å². The van der Waals surface area contributed by atoms with Crippen molar-refractivity contribution in [1.29, 1.82) is 0 Å². The first-order valence-corrected chi connectivity index (χ1v) is 10.8. The lowest BCUT2D eigenvalue weighted by Crippen LogP contribution is -2.10. The zero-order valence-electron chi connectivity index (χ0n) is 17.5. The number of fused-ring (bicyclic) bond motifs is 2. The van der Waals surface area contributed by atoms with Crippen molar-refractivity contribution in [2.24, 2.45) is 5.92 Å². The molecule has 0 amide bonds. The Balaban J connectivity index is 1.44. The van der Waals surface area contributed by atoms with E-state index in [0.29, 0.717) is 13.2 Å². The van der Waals surface area contributed by atoms with Gasteiger partial charge in [0.1, 0.15) is 30.7 Å². The van der Waals surface area contributed by atoms with Crippen LogP contribution in [0.25, 0.3) is 27.8 Å². The molecular weight excluding hydrogens is 388 g/mol. The van der Waals surface area contributed by atoms with Crippen molar-refractivity contribution in [2.75, 3.05) is 6.61 Å². The highest BCUT2D eigenvalue weighted by molar-refractivity contribution is 5.92. The summed E-state index contributed by atoms with van der Waals surface area (Å²) in [7, 11) is 0. The average molecular weight is 412 g/mol. The second-order valence-electron chi connectivity index (χ2n) is 8.29. The first-order valence-electron chi connectivity index (χ1n) is 10.8. The maximum atomic E-state index is 6.24. The molecule has 1 aromatic carbocycles. The molecule has 7 heteroatoms. The standard InChI is InChI=1S/C24H24N6O/c1-17-20-6-2-3-10-30(20)27-23(17)21-13-19-5-4-7-22(24(19)29(21)14-18-8-9-18)31-12-11-28-16-25-15-26-28/h2-7,10,13,15-16,18H,8-9,11-12,14H2,1H3. The van der Waals surface area contributed by atoms with E-state index in [-0.39, 0.29) is 0 Å². The second kappa shape index (κ2) is 7.27. The van der Waals surface area contributed by atoms with Crippen molar-refractivity contribution in [3.63, 3.8) is 0 Å². The van der Waals surface area contributed by atoms with E-state index < -0.39 is 0 Å². The molecule has 0 bridgehead atoms. The Bertz CT molecular complexity index is 1360. The molecule has 1 aliphatic carbocycles. The van der Waals surface area contributed by atoms with E-state index in [0.717, 1.165) is 40.6 Å². The van der Waals surface area contributed by atoms with Gasteiger partial charge in [0.2, 0.25) is 0 Å². The fraction of sp³-hybridized carbons (Fsp3) is 0.292. The predicted molar refractivity (Wildman–Crippen MR) is 119 cm³/mol. The number of benzene rings is 1. The fourth-order valence-corrected chi connectivity index (χ4v) is 4.31. The molecular formula is C24H24N6O. The molecule has 156 valence electrons. The van der Waals surface area contributed by atoms with Crippen molar-refractivity contribution >= 4 is 16.4 Å². The van der Waals surface area contributed by atoms with Crippen LogP contribution < -0.4 is 4.74 Å². The second-order valence-corrected chi connectivity index (χ2v) is 8.29. The van der Waals surface area contributed by atoms with Gasteiger partial charge >= 0.3 is 0 Å². The van der Waals surface area contributed by atoms with Crippen LogP contribution in [0.15, 0.2) is 61.3 Å². The average Bonchev–Trinajstić information content (AvgIpc) is 3.17. The molecule has 0 radical (unpaired) electrons. The fourth-order valence-electron chi connectivity index (χ4n) is 4.31. The number of rotatable bonds is 7. The molecule has 5 aromatic rings. The maximum absolute atomic E-state index is 6.24. The van der Waals surface area contributed by atoms with E-state index in [1.165, 1.54) is 23.8 Å². The highest BCUT2D eigenvalue weighted by atomic mass is 16.5. The van der Waals surface area contributed by atoms with Gasteiger partial charge in [-0.25, -0.2) is 14.2 Å². The van der Waals surface area contributed by atoms with Crippen LogP contribution in [-0.2, 0) is 13.1 Å². The lowest BCUT2D eigenvalue weighted by molar-refractivity contribution is 0.293. The molecule has 0 saturated heterocycles. The molecule has 0 N–H and O–H groups in total. The minimum absolute atomic E-state index is 0.541. The SMILES string of the molecule is Cc1c(-c2cc3cccc(OCCn4cncn4)c3n2CC2CC2)nn2ccccc12. The Kier molecular flexibility index (Phi) is 4.26. The van der Waals surface area contributed by atoms with Crippen molar-refractivity contribution < 1.29 is 4.74 Å². The van der Waals surface area contributed by atoms with Gasteiger partial charge in [-0.05, 0) is 49.9 Å². The smallest absolute Gasteiger partial charge is 0.143 e. The zero-order valence-corrected chi connectivity index (χ0v) is 17.5. The highest BCUT2D eigenvalue weighted by Gasteiger charge is 2.26. The summed E-state index contributed by atoms with van der Waals surface area (Å²) >= 11 is 0. The summed E-state index contributed by atoms with van der Waals surface area (Å²) in [6, 6.07) is 14.8. The highest BCUT2D eigenvalue weighted by Crippen LogP contribution is 2.39. The Hall–Kier alpha value is -3.61. The van der Waals surface area contributed by atoms with Crippen LogP contribution in [-0.4, -0.2) is 35.6 Å². The molecule has 6 rings (SSSR count). The molecule has 1 fully saturated rings. The number of hydrogen-bond acceptors (Lipinski definition) is 4. The van der Waals surface area contributed by atoms with E-state index in [4.69, 9.17) is 9.84 Å². The number of para-hydroxylation sites is 1. The Morgan fingerprint density at radius 3 is 2.87 bits per heavy atom. The van der Waals surface area contributed by atoms with Gasteiger partial charge in [-0.2, -0.15) is 10.2 Å². The zero-order chi connectivity index (χ0) is 20.8. The Morgan fingerprint density at radius 1 is 1.13 bits per heavy atom. The summed E-state index contributed by atoms with van der Waals surface area (Å²) in [5.41, 5.74) is 5.70. The van der Waals surface area contributed by atoms with E-state index in [2.05, 4.69) is 58.0 Å². The van der Waals surface area contributed by atoms with Crippen molar-refractivity contribution in [3.8, 4) is 17.1 Å². The quantitative estimate of drug-likeness (QED) is 0.399. The van der Waals surface area contributed by atoms with Crippen LogP contribution in [0.5, 0.6) is 5.75 Å². The van der Waals surface area contributed by atoms with Gasteiger partial charge < -0.3 is 9.30 Å². The van der Waals surface area contributed by atoms with Crippen LogP contribution in [0.3, 0.4) is 0 Å². The normalized spacial score (nSPS) is 14.0. The lowest BCUT2D eigenvalue weighted by atomic mass is 10.1. The first kappa shape index (κ1) is 18.2. The van der Waals surface area contributed by atoms with Crippen LogP contribution in [0, 0.1) is 12.8 Å². The minimum atomic E-state index is 0.541. The van der Waals surface area contributed by atoms with Gasteiger partial charge in [0.25, 0.3) is 0 Å². The summed E-state index contributed by atoms with van der Waals surface area (Å²) in [4.78, 5) is 4.00. The van der Waals surface area contributed by atoms with Crippen molar-refractivity contribution in [2.45, 2.75) is 32.9 Å². The summed E-state index contributed by atoms with van der Waals surface area (Å²) in [6.07, 6.45) is 7.85. The molecule has 4 heterocycles. The molecule has 0 spiro atoms. The molecule has 0 aliphatic heterocycles. The van der Waals surface area contributed by atoms with Gasteiger partial charge in [-0.3, -0.25) is 0 Å². The number of pyridine rings is 1. The molecule has 1 saturated carbocycles.